The molecule has 1 aromatic carbocycles. The summed E-state index contributed by atoms with van der Waals surface area (Å²) in [6, 6.07) is 6.57. The molecule has 0 atom stereocenters. The number of fused-ring (bicyclic) bond motifs is 1. The lowest BCUT2D eigenvalue weighted by molar-refractivity contribution is -0.127. The fraction of sp³-hybridized carbons (Fsp3) is 0.250. The Balaban J connectivity index is 2.06. The van der Waals surface area contributed by atoms with E-state index in [1.54, 1.807) is 36.7 Å². The Morgan fingerprint density at radius 1 is 1.14 bits per heavy atom. The summed E-state index contributed by atoms with van der Waals surface area (Å²) in [5, 5.41) is 2.99. The van der Waals surface area contributed by atoms with E-state index in [0.717, 1.165) is 0 Å². The molecule has 0 saturated carbocycles. The Morgan fingerprint density at radius 2 is 1.86 bits per heavy atom. The van der Waals surface area contributed by atoms with E-state index in [2.05, 4.69) is 15.3 Å². The van der Waals surface area contributed by atoms with E-state index in [1.807, 2.05) is 0 Å². The maximum absolute atomic E-state index is 13.2. The van der Waals surface area contributed by atoms with E-state index in [9.17, 15) is 14.4 Å². The van der Waals surface area contributed by atoms with Gasteiger partial charge in [0.1, 0.15) is 11.4 Å². The van der Waals surface area contributed by atoms with Crippen LogP contribution in [0.1, 0.15) is 33.3 Å². The second kappa shape index (κ2) is 8.53. The molecule has 0 spiro atoms. The Hall–Kier alpha value is -3.39. The first-order chi connectivity index (χ1) is 13.5. The molecule has 1 amide bonds. The van der Waals surface area contributed by atoms with E-state index in [0.29, 0.717) is 11.3 Å². The third kappa shape index (κ3) is 3.81. The van der Waals surface area contributed by atoms with Gasteiger partial charge < -0.3 is 15.0 Å². The van der Waals surface area contributed by atoms with Crippen molar-refractivity contribution >= 4 is 17.5 Å². The van der Waals surface area contributed by atoms with Gasteiger partial charge in [0.2, 0.25) is 17.5 Å². The predicted octanol–water partition coefficient (Wildman–Crippen LogP) is 1.35. The van der Waals surface area contributed by atoms with Gasteiger partial charge in [-0.25, -0.2) is 0 Å². The lowest BCUT2D eigenvalue weighted by Gasteiger charge is -2.29. The standard InChI is InChI=1S/C20H20N4O4/c1-13(25)24(9-10-28-2)18-17(23-12-14-11-21-7-8-22-14)19(26)15-5-3-4-6-16(15)20(18)27/h3-8,11,23H,9-10,12H2,1-2H3. The van der Waals surface area contributed by atoms with Crippen LogP contribution in [0.25, 0.3) is 0 Å². The van der Waals surface area contributed by atoms with Gasteiger partial charge in [0.25, 0.3) is 0 Å². The Labute approximate surface area is 162 Å². The number of amides is 1. The van der Waals surface area contributed by atoms with Crippen LogP contribution in [-0.2, 0) is 16.1 Å². The first-order valence-corrected chi connectivity index (χ1v) is 8.73. The van der Waals surface area contributed by atoms with Gasteiger partial charge in [0.15, 0.2) is 0 Å². The summed E-state index contributed by atoms with van der Waals surface area (Å²) in [7, 11) is 1.50. The smallest absolute Gasteiger partial charge is 0.224 e. The summed E-state index contributed by atoms with van der Waals surface area (Å²) in [6.07, 6.45) is 4.64. The number of carbonyl (C=O) groups is 3. The van der Waals surface area contributed by atoms with E-state index >= 15 is 0 Å². The molecule has 1 aliphatic rings. The largest absolute Gasteiger partial charge is 0.383 e. The lowest BCUT2D eigenvalue weighted by atomic mass is 9.89. The minimum atomic E-state index is -0.386. The maximum Gasteiger partial charge on any atom is 0.224 e. The van der Waals surface area contributed by atoms with Crippen LogP contribution in [0, 0.1) is 0 Å². The molecule has 0 saturated heterocycles. The third-order valence-corrected chi connectivity index (χ3v) is 4.33. The third-order valence-electron chi connectivity index (χ3n) is 4.33. The van der Waals surface area contributed by atoms with Gasteiger partial charge in [-0.2, -0.15) is 0 Å². The molecule has 1 aromatic heterocycles. The molecule has 1 heterocycles. The van der Waals surface area contributed by atoms with Crippen molar-refractivity contribution in [2.45, 2.75) is 13.5 Å². The van der Waals surface area contributed by atoms with Crippen molar-refractivity contribution in [3.05, 3.63) is 71.1 Å². The van der Waals surface area contributed by atoms with Gasteiger partial charge in [0, 0.05) is 44.1 Å². The molecular weight excluding hydrogens is 360 g/mol. The molecule has 8 nitrogen and oxygen atoms in total. The summed E-state index contributed by atoms with van der Waals surface area (Å²) >= 11 is 0. The van der Waals surface area contributed by atoms with Crippen LogP contribution >= 0.6 is 0 Å². The molecule has 0 fully saturated rings. The first-order valence-electron chi connectivity index (χ1n) is 8.73. The van der Waals surface area contributed by atoms with Crippen molar-refractivity contribution in [3.63, 3.8) is 0 Å². The Bertz CT molecular complexity index is 940. The number of carbonyl (C=O) groups excluding carboxylic acids is 3. The molecule has 8 heteroatoms. The Kier molecular flexibility index (Phi) is 5.90. The number of allylic oxidation sites excluding steroid dienone is 2. The van der Waals surface area contributed by atoms with Crippen LogP contribution in [0.15, 0.2) is 54.3 Å². The monoisotopic (exact) mass is 380 g/mol. The highest BCUT2D eigenvalue weighted by Gasteiger charge is 2.36. The van der Waals surface area contributed by atoms with Gasteiger partial charge in [0.05, 0.1) is 25.0 Å². The van der Waals surface area contributed by atoms with Crippen molar-refractivity contribution in [2.75, 3.05) is 20.3 Å². The summed E-state index contributed by atoms with van der Waals surface area (Å²) in [6.45, 7) is 1.91. The zero-order chi connectivity index (χ0) is 20.1. The molecule has 3 rings (SSSR count). The summed E-state index contributed by atoms with van der Waals surface area (Å²) in [5.41, 5.74) is 1.27. The second-order valence-corrected chi connectivity index (χ2v) is 6.14. The second-order valence-electron chi connectivity index (χ2n) is 6.14. The number of benzene rings is 1. The Morgan fingerprint density at radius 3 is 2.46 bits per heavy atom. The van der Waals surface area contributed by atoms with Gasteiger partial charge >= 0.3 is 0 Å². The highest BCUT2D eigenvalue weighted by Crippen LogP contribution is 2.27. The van der Waals surface area contributed by atoms with E-state index < -0.39 is 0 Å². The number of methoxy groups -OCH3 is 1. The van der Waals surface area contributed by atoms with Gasteiger partial charge in [-0.1, -0.05) is 24.3 Å². The minimum Gasteiger partial charge on any atom is -0.383 e. The van der Waals surface area contributed by atoms with Crippen LogP contribution in [0.3, 0.4) is 0 Å². The van der Waals surface area contributed by atoms with Crippen LogP contribution in [0.4, 0.5) is 0 Å². The van der Waals surface area contributed by atoms with Crippen molar-refractivity contribution in [1.82, 2.24) is 20.2 Å². The molecular formula is C20H20N4O4. The molecule has 0 bridgehead atoms. The molecule has 0 aliphatic heterocycles. The van der Waals surface area contributed by atoms with Crippen LogP contribution in [0.5, 0.6) is 0 Å². The molecule has 0 radical (unpaired) electrons. The molecule has 1 N–H and O–H groups in total. The topological polar surface area (TPSA) is 101 Å². The maximum atomic E-state index is 13.2. The summed E-state index contributed by atoms with van der Waals surface area (Å²) in [5.74, 6) is -1.09. The van der Waals surface area contributed by atoms with Crippen molar-refractivity contribution in [3.8, 4) is 0 Å². The zero-order valence-corrected chi connectivity index (χ0v) is 15.6. The quantitative estimate of drug-likeness (QED) is 0.774. The van der Waals surface area contributed by atoms with Crippen molar-refractivity contribution in [1.29, 1.82) is 0 Å². The van der Waals surface area contributed by atoms with E-state index in [-0.39, 0.29) is 54.1 Å². The zero-order valence-electron chi connectivity index (χ0n) is 15.6. The van der Waals surface area contributed by atoms with Gasteiger partial charge in [-0.15, -0.1) is 0 Å². The summed E-state index contributed by atoms with van der Waals surface area (Å²) in [4.78, 5) is 48.0. The molecule has 144 valence electrons. The fourth-order valence-electron chi connectivity index (χ4n) is 2.99. The minimum absolute atomic E-state index is 0.0251. The number of aromatic nitrogens is 2. The number of nitrogens with zero attached hydrogens (tertiary/aromatic N) is 3. The van der Waals surface area contributed by atoms with Crippen LogP contribution < -0.4 is 5.32 Å². The molecule has 28 heavy (non-hydrogen) atoms. The number of rotatable bonds is 7. The number of ketones is 2. The average Bonchev–Trinajstić information content (AvgIpc) is 2.71. The van der Waals surface area contributed by atoms with Crippen LogP contribution in [0.2, 0.25) is 0 Å². The normalized spacial score (nSPS) is 13.4. The lowest BCUT2D eigenvalue weighted by Crippen LogP contribution is -2.41. The number of nitrogens with one attached hydrogen (secondary N) is 1. The number of Topliss-reactive ketones (excluding diaryl/α,β-unsaturated/α-hetero) is 2. The highest BCUT2D eigenvalue weighted by molar-refractivity contribution is 6.27. The highest BCUT2D eigenvalue weighted by atomic mass is 16.5. The van der Waals surface area contributed by atoms with Crippen LogP contribution in [-0.4, -0.2) is 52.6 Å². The number of hydrogen-bond donors (Lipinski definition) is 1. The average molecular weight is 380 g/mol. The predicted molar refractivity (Wildman–Crippen MR) is 100 cm³/mol. The molecule has 1 aliphatic carbocycles. The van der Waals surface area contributed by atoms with Crippen molar-refractivity contribution < 1.29 is 19.1 Å². The van der Waals surface area contributed by atoms with E-state index in [1.165, 1.54) is 25.1 Å². The first kappa shape index (κ1) is 19.4. The van der Waals surface area contributed by atoms with Gasteiger partial charge in [-0.3, -0.25) is 24.4 Å². The summed E-state index contributed by atoms with van der Waals surface area (Å²) < 4.78 is 5.06. The van der Waals surface area contributed by atoms with Gasteiger partial charge in [-0.05, 0) is 0 Å². The fourth-order valence-corrected chi connectivity index (χ4v) is 2.99. The molecule has 2 aromatic rings. The van der Waals surface area contributed by atoms with Crippen molar-refractivity contribution in [2.24, 2.45) is 0 Å². The SMILES string of the molecule is COCCN(C(C)=O)C1=C(NCc2cnccn2)C(=O)c2ccccc2C1=O. The number of hydrogen-bond acceptors (Lipinski definition) is 7. The molecule has 0 unspecified atom stereocenters. The van der Waals surface area contributed by atoms with E-state index in [4.69, 9.17) is 4.74 Å². The number of ether oxygens (including phenoxy) is 1.